The number of thioether (sulfide) groups is 1. The molecule has 1 unspecified atom stereocenters. The minimum Gasteiger partial charge on any atom is -0.497 e. The lowest BCUT2D eigenvalue weighted by atomic mass is 10.2. The average Bonchev–Trinajstić information content (AvgIpc) is 3.22. The molecule has 0 radical (unpaired) electrons. The van der Waals surface area contributed by atoms with E-state index in [0.29, 0.717) is 17.3 Å². The molecule has 3 heterocycles. The van der Waals surface area contributed by atoms with Gasteiger partial charge in [0.05, 0.1) is 18.6 Å². The molecule has 1 aliphatic heterocycles. The number of nitrogens with one attached hydrogen (secondary N) is 2. The van der Waals surface area contributed by atoms with Crippen LogP contribution in [0.1, 0.15) is 16.6 Å². The predicted molar refractivity (Wildman–Crippen MR) is 107 cm³/mol. The van der Waals surface area contributed by atoms with Gasteiger partial charge < -0.3 is 4.74 Å². The van der Waals surface area contributed by atoms with Gasteiger partial charge in [0.25, 0.3) is 5.91 Å². The monoisotopic (exact) mass is 397 g/mol. The second-order valence-electron chi connectivity index (χ2n) is 6.24. The van der Waals surface area contributed by atoms with Crippen molar-refractivity contribution < 1.29 is 14.3 Å². The Morgan fingerprint density at radius 2 is 2.04 bits per heavy atom. The lowest BCUT2D eigenvalue weighted by Crippen LogP contribution is -2.46. The van der Waals surface area contributed by atoms with Crippen LogP contribution in [-0.4, -0.2) is 39.2 Å². The number of aryl methyl sites for hydroxylation is 1. The summed E-state index contributed by atoms with van der Waals surface area (Å²) in [6, 6.07) is 12.5. The van der Waals surface area contributed by atoms with Crippen LogP contribution in [0.15, 0.2) is 48.7 Å². The van der Waals surface area contributed by atoms with Crippen LogP contribution in [-0.2, 0) is 4.79 Å². The van der Waals surface area contributed by atoms with Crippen LogP contribution in [0, 0.1) is 6.92 Å². The SMILES string of the molecule is COc1ccc(C2SCC(=O)N2NC(=O)Nc2c(C)nc3ccccn23)cc1. The summed E-state index contributed by atoms with van der Waals surface area (Å²) in [7, 11) is 1.60. The first-order chi connectivity index (χ1) is 13.6. The van der Waals surface area contributed by atoms with E-state index in [9.17, 15) is 9.59 Å². The van der Waals surface area contributed by atoms with Gasteiger partial charge in [-0.15, -0.1) is 11.8 Å². The molecular weight excluding hydrogens is 378 g/mol. The van der Waals surface area contributed by atoms with Crippen LogP contribution in [0.3, 0.4) is 0 Å². The third-order valence-corrected chi connectivity index (χ3v) is 5.64. The lowest BCUT2D eigenvalue weighted by Gasteiger charge is -2.24. The summed E-state index contributed by atoms with van der Waals surface area (Å²) in [5, 5.41) is 3.86. The molecular formula is C19H19N5O3S. The van der Waals surface area contributed by atoms with E-state index in [1.54, 1.807) is 11.5 Å². The van der Waals surface area contributed by atoms with Crippen LogP contribution in [0.5, 0.6) is 5.75 Å². The summed E-state index contributed by atoms with van der Waals surface area (Å²) in [5.41, 5.74) is 5.01. The quantitative estimate of drug-likeness (QED) is 0.707. The van der Waals surface area contributed by atoms with Gasteiger partial charge in [0.15, 0.2) is 0 Å². The first kappa shape index (κ1) is 18.2. The zero-order chi connectivity index (χ0) is 19.7. The zero-order valence-electron chi connectivity index (χ0n) is 15.4. The molecule has 1 aliphatic rings. The van der Waals surface area contributed by atoms with E-state index in [1.807, 2.05) is 55.6 Å². The van der Waals surface area contributed by atoms with Gasteiger partial charge in [0, 0.05) is 6.20 Å². The van der Waals surface area contributed by atoms with Gasteiger partial charge in [-0.2, -0.15) is 0 Å². The van der Waals surface area contributed by atoms with Crippen molar-refractivity contribution in [2.24, 2.45) is 0 Å². The smallest absolute Gasteiger partial charge is 0.339 e. The fourth-order valence-electron chi connectivity index (χ4n) is 3.07. The molecule has 1 aromatic carbocycles. The molecule has 4 rings (SSSR count). The number of aromatic nitrogens is 2. The Balaban J connectivity index is 1.51. The van der Waals surface area contributed by atoms with Gasteiger partial charge in [-0.1, -0.05) is 18.2 Å². The topological polar surface area (TPSA) is 88.0 Å². The molecule has 9 heteroatoms. The van der Waals surface area contributed by atoms with E-state index in [4.69, 9.17) is 4.74 Å². The molecule has 3 aromatic rings. The minimum atomic E-state index is -0.497. The number of carbonyl (C=O) groups is 2. The Kier molecular flexibility index (Phi) is 4.82. The number of rotatable bonds is 4. The fourth-order valence-corrected chi connectivity index (χ4v) is 4.18. The predicted octanol–water partition coefficient (Wildman–Crippen LogP) is 2.96. The van der Waals surface area contributed by atoms with E-state index in [-0.39, 0.29) is 11.3 Å². The third kappa shape index (κ3) is 3.36. The lowest BCUT2D eigenvalue weighted by molar-refractivity contribution is -0.130. The van der Waals surface area contributed by atoms with E-state index < -0.39 is 6.03 Å². The Bertz CT molecular complexity index is 1030. The maximum Gasteiger partial charge on any atom is 0.339 e. The molecule has 1 fully saturated rings. The molecule has 3 amide bonds. The molecule has 0 saturated carbocycles. The number of hydrogen-bond acceptors (Lipinski definition) is 5. The van der Waals surface area contributed by atoms with E-state index >= 15 is 0 Å². The van der Waals surface area contributed by atoms with Crippen molar-refractivity contribution in [3.05, 3.63) is 59.9 Å². The zero-order valence-corrected chi connectivity index (χ0v) is 16.2. The number of amides is 3. The number of nitrogens with zero attached hydrogens (tertiary/aromatic N) is 3. The standard InChI is InChI=1S/C19H19N5O3S/c1-12-17(23-10-4-3-5-15(23)20-12)21-19(26)22-24-16(25)11-28-18(24)13-6-8-14(27-2)9-7-13/h3-10,18H,11H2,1-2H3,(H2,21,22,26). The van der Waals surface area contributed by atoms with Crippen molar-refractivity contribution in [3.63, 3.8) is 0 Å². The Labute approximate surface area is 165 Å². The molecule has 0 aliphatic carbocycles. The molecule has 1 saturated heterocycles. The molecule has 2 N–H and O–H groups in total. The minimum absolute atomic E-state index is 0.157. The highest BCUT2D eigenvalue weighted by atomic mass is 32.2. The largest absolute Gasteiger partial charge is 0.497 e. The first-order valence-corrected chi connectivity index (χ1v) is 9.70. The normalized spacial score (nSPS) is 16.4. The van der Waals surface area contributed by atoms with Crippen molar-refractivity contribution in [1.29, 1.82) is 0 Å². The highest BCUT2D eigenvalue weighted by Crippen LogP contribution is 2.37. The maximum absolute atomic E-state index is 12.6. The second kappa shape index (κ2) is 7.43. The number of carbonyl (C=O) groups excluding carboxylic acids is 2. The molecule has 2 aromatic heterocycles. The van der Waals surface area contributed by atoms with Crippen molar-refractivity contribution in [3.8, 4) is 5.75 Å². The third-order valence-electron chi connectivity index (χ3n) is 4.43. The Morgan fingerprint density at radius 3 is 2.79 bits per heavy atom. The summed E-state index contributed by atoms with van der Waals surface area (Å²) in [4.78, 5) is 29.3. The van der Waals surface area contributed by atoms with Gasteiger partial charge in [-0.3, -0.25) is 14.5 Å². The van der Waals surface area contributed by atoms with Gasteiger partial charge in [-0.05, 0) is 36.8 Å². The van der Waals surface area contributed by atoms with Crippen LogP contribution in [0.25, 0.3) is 5.65 Å². The molecule has 28 heavy (non-hydrogen) atoms. The molecule has 0 bridgehead atoms. The Hall–Kier alpha value is -3.20. The molecule has 8 nitrogen and oxygen atoms in total. The fraction of sp³-hybridized carbons (Fsp3) is 0.211. The molecule has 0 spiro atoms. The van der Waals surface area contributed by atoms with E-state index in [2.05, 4.69) is 15.7 Å². The average molecular weight is 397 g/mol. The van der Waals surface area contributed by atoms with Gasteiger partial charge >= 0.3 is 6.03 Å². The van der Waals surface area contributed by atoms with Crippen molar-refractivity contribution >= 4 is 35.2 Å². The summed E-state index contributed by atoms with van der Waals surface area (Å²) in [6.07, 6.45) is 1.82. The van der Waals surface area contributed by atoms with E-state index in [1.165, 1.54) is 16.8 Å². The summed E-state index contributed by atoms with van der Waals surface area (Å²) in [5.74, 6) is 1.44. The number of hydrazine groups is 1. The van der Waals surface area contributed by atoms with Crippen LogP contribution < -0.4 is 15.5 Å². The number of hydrogen-bond donors (Lipinski definition) is 2. The number of pyridine rings is 1. The highest BCUT2D eigenvalue weighted by molar-refractivity contribution is 8.00. The number of urea groups is 1. The summed E-state index contributed by atoms with van der Waals surface area (Å²) < 4.78 is 6.96. The first-order valence-electron chi connectivity index (χ1n) is 8.66. The van der Waals surface area contributed by atoms with Crippen LogP contribution in [0.4, 0.5) is 10.6 Å². The van der Waals surface area contributed by atoms with Crippen molar-refractivity contribution in [2.75, 3.05) is 18.2 Å². The van der Waals surface area contributed by atoms with Crippen molar-refractivity contribution in [1.82, 2.24) is 19.8 Å². The highest BCUT2D eigenvalue weighted by Gasteiger charge is 2.34. The van der Waals surface area contributed by atoms with Crippen LogP contribution in [0.2, 0.25) is 0 Å². The van der Waals surface area contributed by atoms with E-state index in [0.717, 1.165) is 17.0 Å². The van der Waals surface area contributed by atoms with Gasteiger partial charge in [0.1, 0.15) is 22.6 Å². The number of benzene rings is 1. The number of imidazole rings is 1. The molecule has 1 atom stereocenters. The summed E-state index contributed by atoms with van der Waals surface area (Å²) >= 11 is 1.46. The number of fused-ring (bicyclic) bond motifs is 1. The maximum atomic E-state index is 12.6. The van der Waals surface area contributed by atoms with Crippen LogP contribution >= 0.6 is 11.8 Å². The van der Waals surface area contributed by atoms with Gasteiger partial charge in [-0.25, -0.2) is 20.2 Å². The Morgan fingerprint density at radius 1 is 1.25 bits per heavy atom. The number of anilines is 1. The number of ether oxygens (including phenoxy) is 1. The van der Waals surface area contributed by atoms with Crippen molar-refractivity contribution in [2.45, 2.75) is 12.3 Å². The summed E-state index contributed by atoms with van der Waals surface area (Å²) in [6.45, 7) is 1.82. The second-order valence-corrected chi connectivity index (χ2v) is 7.31. The number of methoxy groups -OCH3 is 1. The molecule has 144 valence electrons. The van der Waals surface area contributed by atoms with Gasteiger partial charge in [0.2, 0.25) is 0 Å².